The van der Waals surface area contributed by atoms with E-state index in [0.717, 1.165) is 10.8 Å². The fourth-order valence-electron chi connectivity index (χ4n) is 3.34. The van der Waals surface area contributed by atoms with Crippen molar-refractivity contribution in [3.8, 4) is 0 Å². The van der Waals surface area contributed by atoms with Gasteiger partial charge in [-0.15, -0.1) is 0 Å². The van der Waals surface area contributed by atoms with Gasteiger partial charge in [0.1, 0.15) is 18.0 Å². The van der Waals surface area contributed by atoms with Crippen LogP contribution in [0, 0.1) is 0 Å². The molecule has 1 fully saturated rings. The molecule has 3 aromatic carbocycles. The van der Waals surface area contributed by atoms with Gasteiger partial charge in [-0.3, -0.25) is 9.59 Å². The zero-order chi connectivity index (χ0) is 17.7. The van der Waals surface area contributed by atoms with E-state index in [2.05, 4.69) is 0 Å². The molecular formula is C22H14O4. The Morgan fingerprint density at radius 2 is 1.65 bits per heavy atom. The summed E-state index contributed by atoms with van der Waals surface area (Å²) in [5, 5.41) is 2.57. The summed E-state index contributed by atoms with van der Waals surface area (Å²) in [7, 11) is 0. The second kappa shape index (κ2) is 5.64. The lowest BCUT2D eigenvalue weighted by molar-refractivity contribution is 0.0954. The van der Waals surface area contributed by atoms with E-state index in [1.807, 2.05) is 42.5 Å². The second-order valence-electron chi connectivity index (χ2n) is 6.42. The molecule has 4 heteroatoms. The van der Waals surface area contributed by atoms with Crippen molar-refractivity contribution >= 4 is 27.5 Å². The Balaban J connectivity index is 1.47. The van der Waals surface area contributed by atoms with Crippen LogP contribution in [0.2, 0.25) is 0 Å². The Hall–Kier alpha value is -3.24. The molecule has 4 nitrogen and oxygen atoms in total. The highest BCUT2D eigenvalue weighted by atomic mass is 16.6. The molecule has 1 aliphatic rings. The fourth-order valence-corrected chi connectivity index (χ4v) is 3.34. The Labute approximate surface area is 148 Å². The molecule has 126 valence electrons. The normalized spacial score (nSPS) is 18.9. The van der Waals surface area contributed by atoms with Crippen molar-refractivity contribution < 1.29 is 13.9 Å². The number of rotatable bonds is 3. The van der Waals surface area contributed by atoms with Crippen molar-refractivity contribution in [3.63, 3.8) is 0 Å². The molecule has 0 N–H and O–H groups in total. The van der Waals surface area contributed by atoms with Crippen molar-refractivity contribution in [2.24, 2.45) is 0 Å². The van der Waals surface area contributed by atoms with Gasteiger partial charge in [-0.1, -0.05) is 48.5 Å². The molecule has 1 aliphatic heterocycles. The molecule has 2 atom stereocenters. The first-order valence-electron chi connectivity index (χ1n) is 8.41. The number of carbonyl (C=O) groups is 1. The molecule has 0 spiro atoms. The summed E-state index contributed by atoms with van der Waals surface area (Å²) < 4.78 is 11.1. The molecule has 0 saturated carbocycles. The minimum atomic E-state index is -0.639. The molecule has 26 heavy (non-hydrogen) atoms. The van der Waals surface area contributed by atoms with Gasteiger partial charge in [-0.05, 0) is 29.0 Å². The van der Waals surface area contributed by atoms with E-state index in [1.54, 1.807) is 24.3 Å². The third-order valence-corrected chi connectivity index (χ3v) is 4.80. The van der Waals surface area contributed by atoms with Crippen LogP contribution < -0.4 is 5.43 Å². The van der Waals surface area contributed by atoms with Gasteiger partial charge < -0.3 is 9.15 Å². The van der Waals surface area contributed by atoms with E-state index in [-0.39, 0.29) is 11.2 Å². The molecule has 1 saturated heterocycles. The van der Waals surface area contributed by atoms with Gasteiger partial charge in [0.25, 0.3) is 0 Å². The van der Waals surface area contributed by atoms with Gasteiger partial charge >= 0.3 is 0 Å². The number of Topliss-reactive ketones (excluding diaryl/α,β-unsaturated/α-hetero) is 1. The van der Waals surface area contributed by atoms with Crippen molar-refractivity contribution in [2.45, 2.75) is 12.2 Å². The Bertz CT molecular complexity index is 1220. The first kappa shape index (κ1) is 15.0. The predicted octanol–water partition coefficient (Wildman–Crippen LogP) is 4.27. The Morgan fingerprint density at radius 3 is 2.54 bits per heavy atom. The van der Waals surface area contributed by atoms with Crippen LogP contribution in [-0.4, -0.2) is 11.9 Å². The van der Waals surface area contributed by atoms with E-state index in [1.165, 1.54) is 6.26 Å². The highest BCUT2D eigenvalue weighted by molar-refractivity contribution is 6.04. The van der Waals surface area contributed by atoms with Crippen LogP contribution in [0.4, 0.5) is 0 Å². The maximum Gasteiger partial charge on any atom is 0.198 e. The highest BCUT2D eigenvalue weighted by Crippen LogP contribution is 2.40. The molecule has 1 aromatic heterocycles. The number of benzene rings is 3. The van der Waals surface area contributed by atoms with Crippen LogP contribution in [0.3, 0.4) is 0 Å². The average Bonchev–Trinajstić information content (AvgIpc) is 3.48. The monoisotopic (exact) mass is 342 g/mol. The minimum absolute atomic E-state index is 0.117. The first-order chi connectivity index (χ1) is 12.7. The highest BCUT2D eigenvalue weighted by Gasteiger charge is 2.48. The summed E-state index contributed by atoms with van der Waals surface area (Å²) in [6.45, 7) is 0. The molecule has 4 aromatic rings. The van der Waals surface area contributed by atoms with Gasteiger partial charge in [0.05, 0.1) is 10.9 Å². The quantitative estimate of drug-likeness (QED) is 0.412. The number of para-hydroxylation sites is 1. The van der Waals surface area contributed by atoms with Crippen molar-refractivity contribution in [2.75, 3.05) is 0 Å². The number of carbonyl (C=O) groups excluding carboxylic acids is 1. The average molecular weight is 342 g/mol. The second-order valence-corrected chi connectivity index (χ2v) is 6.42. The molecule has 2 unspecified atom stereocenters. The fraction of sp³-hybridized carbons (Fsp3) is 0.0909. The van der Waals surface area contributed by atoms with Gasteiger partial charge in [0, 0.05) is 5.56 Å². The van der Waals surface area contributed by atoms with Crippen LogP contribution in [0.25, 0.3) is 21.7 Å². The van der Waals surface area contributed by atoms with E-state index >= 15 is 0 Å². The van der Waals surface area contributed by atoms with Crippen LogP contribution in [0.5, 0.6) is 0 Å². The number of epoxide rings is 1. The van der Waals surface area contributed by atoms with Gasteiger partial charge in [0.15, 0.2) is 17.3 Å². The number of fused-ring (bicyclic) bond motifs is 2. The number of hydrogen-bond donors (Lipinski definition) is 0. The standard InChI is InChI=1S/C22H14O4/c23-19(15-10-9-13-5-1-2-6-14(13)11-15)22-21(26-22)17-12-25-18-8-4-3-7-16(18)20(17)24/h1-12,21-22H. The van der Waals surface area contributed by atoms with E-state index in [4.69, 9.17) is 9.15 Å². The van der Waals surface area contributed by atoms with E-state index < -0.39 is 12.2 Å². The minimum Gasteiger partial charge on any atom is -0.464 e. The van der Waals surface area contributed by atoms with Crippen molar-refractivity contribution in [3.05, 3.63) is 94.3 Å². The predicted molar refractivity (Wildman–Crippen MR) is 98.4 cm³/mol. The number of hydrogen-bond acceptors (Lipinski definition) is 4. The zero-order valence-corrected chi connectivity index (χ0v) is 13.7. The van der Waals surface area contributed by atoms with Gasteiger partial charge in [0.2, 0.25) is 0 Å². The molecule has 0 amide bonds. The lowest BCUT2D eigenvalue weighted by Crippen LogP contribution is -2.13. The molecule has 0 radical (unpaired) electrons. The topological polar surface area (TPSA) is 59.8 Å². The summed E-state index contributed by atoms with van der Waals surface area (Å²) >= 11 is 0. The van der Waals surface area contributed by atoms with E-state index in [9.17, 15) is 9.59 Å². The maximum absolute atomic E-state index is 12.8. The molecular weight excluding hydrogens is 328 g/mol. The summed E-state index contributed by atoms with van der Waals surface area (Å²) in [6.07, 6.45) is 0.221. The number of ketones is 1. The van der Waals surface area contributed by atoms with Gasteiger partial charge in [-0.25, -0.2) is 0 Å². The summed E-state index contributed by atoms with van der Waals surface area (Å²) in [4.78, 5) is 25.4. The first-order valence-corrected chi connectivity index (χ1v) is 8.41. The van der Waals surface area contributed by atoms with Gasteiger partial charge in [-0.2, -0.15) is 0 Å². The smallest absolute Gasteiger partial charge is 0.198 e. The third-order valence-electron chi connectivity index (χ3n) is 4.80. The lowest BCUT2D eigenvalue weighted by Gasteiger charge is -2.02. The zero-order valence-electron chi connectivity index (χ0n) is 13.7. The Kier molecular flexibility index (Phi) is 3.27. The summed E-state index contributed by atoms with van der Waals surface area (Å²) in [5.74, 6) is -0.117. The maximum atomic E-state index is 12.8. The van der Waals surface area contributed by atoms with Crippen LogP contribution in [-0.2, 0) is 4.74 Å². The van der Waals surface area contributed by atoms with Crippen LogP contribution in [0.15, 0.2) is 82.2 Å². The number of ether oxygens (including phenoxy) is 1. The largest absolute Gasteiger partial charge is 0.464 e. The van der Waals surface area contributed by atoms with Crippen LogP contribution >= 0.6 is 0 Å². The van der Waals surface area contributed by atoms with Crippen LogP contribution in [0.1, 0.15) is 22.0 Å². The van der Waals surface area contributed by atoms with Crippen molar-refractivity contribution in [1.82, 2.24) is 0 Å². The molecule has 0 aliphatic carbocycles. The summed E-state index contributed by atoms with van der Waals surface area (Å²) in [5.41, 5.74) is 1.36. The SMILES string of the molecule is O=C(c1ccc2ccccc2c1)C1OC1c1coc2ccccc2c1=O. The van der Waals surface area contributed by atoms with E-state index in [0.29, 0.717) is 22.1 Å². The third kappa shape index (κ3) is 2.35. The Morgan fingerprint density at radius 1 is 0.885 bits per heavy atom. The summed E-state index contributed by atoms with van der Waals surface area (Å²) in [6, 6.07) is 20.5. The molecule has 5 rings (SSSR count). The molecule has 0 bridgehead atoms. The molecule has 2 heterocycles. The lowest BCUT2D eigenvalue weighted by atomic mass is 10.00. The van der Waals surface area contributed by atoms with Crippen molar-refractivity contribution in [1.29, 1.82) is 0 Å².